The summed E-state index contributed by atoms with van der Waals surface area (Å²) >= 11 is 9.10. The Morgan fingerprint density at radius 1 is 1.26 bits per heavy atom. The van der Waals surface area contributed by atoms with Gasteiger partial charge in [0.2, 0.25) is 0 Å². The molecule has 1 aromatic carbocycles. The van der Waals surface area contributed by atoms with Crippen LogP contribution in [0.3, 0.4) is 0 Å². The zero-order valence-corrected chi connectivity index (χ0v) is 13.8. The van der Waals surface area contributed by atoms with Crippen LogP contribution in [0, 0.1) is 0 Å². The predicted molar refractivity (Wildman–Crippen MR) is 87.5 cm³/mol. The van der Waals surface area contributed by atoms with Crippen LogP contribution in [0.15, 0.2) is 33.9 Å². The Hall–Kier alpha value is -0.290. The average molecular weight is 370 g/mol. The van der Waals surface area contributed by atoms with Crippen molar-refractivity contribution in [1.82, 2.24) is 0 Å². The number of benzene rings is 1. The molecule has 0 aliphatic heterocycles. The van der Waals surface area contributed by atoms with Gasteiger partial charge in [-0.2, -0.15) is 0 Å². The van der Waals surface area contributed by atoms with Crippen LogP contribution in [0.25, 0.3) is 0 Å². The number of unbranched alkanes of at least 4 members (excludes halogenated alkanes) is 1. The Labute approximate surface area is 134 Å². The maximum atomic E-state index is 5.68. The number of alkyl halides is 1. The molecule has 0 saturated carbocycles. The second-order valence-electron chi connectivity index (χ2n) is 3.81. The van der Waals surface area contributed by atoms with Gasteiger partial charge in [0.15, 0.2) is 0 Å². The summed E-state index contributed by atoms with van der Waals surface area (Å²) in [5, 5.41) is 4.16. The van der Waals surface area contributed by atoms with Gasteiger partial charge < -0.3 is 10.6 Å². The molecule has 0 heterocycles. The van der Waals surface area contributed by atoms with Crippen molar-refractivity contribution >= 4 is 45.6 Å². The second kappa shape index (κ2) is 11.5. The Bertz CT molecular complexity index is 371. The first-order chi connectivity index (χ1) is 8.77. The first-order valence-corrected chi connectivity index (χ1v) is 7.31. The summed E-state index contributed by atoms with van der Waals surface area (Å²) in [6, 6.07) is 8.04. The third-order valence-electron chi connectivity index (χ3n) is 2.36. The van der Waals surface area contributed by atoms with Crippen molar-refractivity contribution in [2.75, 3.05) is 19.0 Å². The van der Waals surface area contributed by atoms with Gasteiger partial charge in [-0.3, -0.25) is 0 Å². The summed E-state index contributed by atoms with van der Waals surface area (Å²) in [6.45, 7) is 0.911. The zero-order chi connectivity index (χ0) is 13.2. The van der Waals surface area contributed by atoms with Crippen LogP contribution < -0.4 is 5.73 Å². The number of nitrogens with zero attached hydrogens (tertiary/aromatic N) is 1. The average Bonchev–Trinajstić information content (AvgIpc) is 2.38. The molecule has 1 rings (SSSR count). The van der Waals surface area contributed by atoms with Gasteiger partial charge in [-0.05, 0) is 37.0 Å². The summed E-state index contributed by atoms with van der Waals surface area (Å²) in [5.41, 5.74) is 7.40. The lowest BCUT2D eigenvalue weighted by atomic mass is 10.1. The number of halogens is 3. The molecule has 0 fully saturated rings. The van der Waals surface area contributed by atoms with Crippen LogP contribution in [-0.2, 0) is 4.84 Å². The third-order valence-corrected chi connectivity index (χ3v) is 3.15. The molecule has 6 heteroatoms. The van der Waals surface area contributed by atoms with Crippen LogP contribution in [0.2, 0.25) is 0 Å². The summed E-state index contributed by atoms with van der Waals surface area (Å²) in [7, 11) is 0. The molecule has 0 amide bonds. The van der Waals surface area contributed by atoms with Gasteiger partial charge in [0.05, 0.1) is 5.71 Å². The number of hydrogen-bond acceptors (Lipinski definition) is 3. The Balaban J connectivity index is 0.00000324. The lowest BCUT2D eigenvalue weighted by molar-refractivity contribution is 0.152. The number of nitrogens with two attached hydrogens (primary N) is 1. The van der Waals surface area contributed by atoms with Crippen molar-refractivity contribution < 1.29 is 4.84 Å². The van der Waals surface area contributed by atoms with Gasteiger partial charge >= 0.3 is 0 Å². The van der Waals surface area contributed by atoms with E-state index in [0.717, 1.165) is 35.0 Å². The van der Waals surface area contributed by atoms with Crippen LogP contribution in [0.4, 0.5) is 0 Å². The maximum absolute atomic E-state index is 5.68. The molecule has 0 atom stereocenters. The molecular weight excluding hydrogens is 351 g/mol. The van der Waals surface area contributed by atoms with Gasteiger partial charge in [-0.1, -0.05) is 33.2 Å². The molecule has 0 aromatic heterocycles. The Kier molecular flexibility index (Phi) is 11.4. The Morgan fingerprint density at radius 3 is 2.53 bits per heavy atom. The highest BCUT2D eigenvalue weighted by molar-refractivity contribution is 9.10. The highest BCUT2D eigenvalue weighted by atomic mass is 79.9. The largest absolute Gasteiger partial charge is 0.394 e. The molecule has 0 saturated heterocycles. The van der Waals surface area contributed by atoms with Crippen molar-refractivity contribution in [3.8, 4) is 0 Å². The third kappa shape index (κ3) is 7.78. The van der Waals surface area contributed by atoms with E-state index in [1.807, 2.05) is 24.3 Å². The smallest absolute Gasteiger partial charge is 0.129 e. The minimum Gasteiger partial charge on any atom is -0.394 e. The molecule has 2 N–H and O–H groups in total. The van der Waals surface area contributed by atoms with Crippen LogP contribution in [-0.4, -0.2) is 24.7 Å². The lowest BCUT2D eigenvalue weighted by Crippen LogP contribution is -2.08. The van der Waals surface area contributed by atoms with Crippen molar-refractivity contribution in [2.24, 2.45) is 10.9 Å². The van der Waals surface area contributed by atoms with Crippen molar-refractivity contribution in [2.45, 2.75) is 19.3 Å². The summed E-state index contributed by atoms with van der Waals surface area (Å²) < 4.78 is 1.05. The first kappa shape index (κ1) is 18.7. The fourth-order valence-corrected chi connectivity index (χ4v) is 1.90. The predicted octanol–water partition coefficient (Wildman–Crippen LogP) is 3.96. The fraction of sp³-hybridized carbons (Fsp3) is 0.462. The van der Waals surface area contributed by atoms with E-state index >= 15 is 0 Å². The molecule has 0 bridgehead atoms. The molecule has 108 valence electrons. The minimum absolute atomic E-state index is 0. The highest BCUT2D eigenvalue weighted by Crippen LogP contribution is 2.14. The molecule has 19 heavy (non-hydrogen) atoms. The van der Waals surface area contributed by atoms with Gasteiger partial charge in [0.1, 0.15) is 6.61 Å². The van der Waals surface area contributed by atoms with E-state index in [4.69, 9.17) is 22.2 Å². The van der Waals surface area contributed by atoms with E-state index in [9.17, 15) is 0 Å². The van der Waals surface area contributed by atoms with Gasteiger partial charge in [-0.25, -0.2) is 0 Å². The van der Waals surface area contributed by atoms with Gasteiger partial charge in [-0.15, -0.1) is 24.0 Å². The van der Waals surface area contributed by atoms with E-state index in [2.05, 4.69) is 21.1 Å². The highest BCUT2D eigenvalue weighted by Gasteiger charge is 2.04. The molecule has 1 aromatic rings. The number of rotatable bonds is 8. The SMILES string of the molecule is Cl.NCCON=C(CCCCCl)c1ccc(Br)cc1. The van der Waals surface area contributed by atoms with Crippen LogP contribution in [0.1, 0.15) is 24.8 Å². The molecule has 0 aliphatic rings. The van der Waals surface area contributed by atoms with E-state index in [-0.39, 0.29) is 12.4 Å². The summed E-state index contributed by atoms with van der Waals surface area (Å²) in [5.74, 6) is 0.678. The van der Waals surface area contributed by atoms with Crippen molar-refractivity contribution in [1.29, 1.82) is 0 Å². The monoisotopic (exact) mass is 368 g/mol. The molecule has 3 nitrogen and oxygen atoms in total. The molecule has 0 aliphatic carbocycles. The van der Waals surface area contributed by atoms with E-state index in [1.54, 1.807) is 0 Å². The van der Waals surface area contributed by atoms with E-state index in [0.29, 0.717) is 19.0 Å². The molecule has 0 radical (unpaired) electrons. The fourth-order valence-electron chi connectivity index (χ4n) is 1.45. The molecule has 0 spiro atoms. The topological polar surface area (TPSA) is 47.6 Å². The van der Waals surface area contributed by atoms with Gasteiger partial charge in [0.25, 0.3) is 0 Å². The maximum Gasteiger partial charge on any atom is 0.129 e. The van der Waals surface area contributed by atoms with Crippen molar-refractivity contribution in [3.05, 3.63) is 34.3 Å². The van der Waals surface area contributed by atoms with Crippen LogP contribution >= 0.6 is 39.9 Å². The standard InChI is InChI=1S/C13H18BrClN2O.ClH/c14-12-6-4-11(5-7-12)13(3-1-2-8-15)17-18-10-9-16;/h4-7H,1-3,8-10,16H2;1H. The van der Waals surface area contributed by atoms with Gasteiger partial charge in [0, 0.05) is 16.9 Å². The van der Waals surface area contributed by atoms with Crippen LogP contribution in [0.5, 0.6) is 0 Å². The lowest BCUT2D eigenvalue weighted by Gasteiger charge is -2.06. The van der Waals surface area contributed by atoms with Crippen molar-refractivity contribution in [3.63, 3.8) is 0 Å². The molecule has 0 unspecified atom stereocenters. The zero-order valence-electron chi connectivity index (χ0n) is 10.6. The quantitative estimate of drug-likeness (QED) is 0.326. The summed E-state index contributed by atoms with van der Waals surface area (Å²) in [6.07, 6.45) is 2.84. The molecular formula is C13H19BrCl2N2O. The van der Waals surface area contributed by atoms with E-state index in [1.165, 1.54) is 0 Å². The number of hydrogen-bond donors (Lipinski definition) is 1. The normalized spacial score (nSPS) is 11.0. The Morgan fingerprint density at radius 2 is 1.95 bits per heavy atom. The first-order valence-electron chi connectivity index (χ1n) is 5.98. The number of oxime groups is 1. The minimum atomic E-state index is 0. The summed E-state index contributed by atoms with van der Waals surface area (Å²) in [4.78, 5) is 5.18. The van der Waals surface area contributed by atoms with E-state index < -0.39 is 0 Å². The second-order valence-corrected chi connectivity index (χ2v) is 5.11.